The molecule has 1 saturated heterocycles. The molecule has 1 amide bonds. The van der Waals surface area contributed by atoms with Crippen molar-refractivity contribution in [3.8, 4) is 0 Å². The predicted octanol–water partition coefficient (Wildman–Crippen LogP) is 3.01. The van der Waals surface area contributed by atoms with Crippen molar-refractivity contribution >= 4 is 39.9 Å². The Labute approximate surface area is 141 Å². The number of likely N-dealkylation sites (tertiary alicyclic amines) is 1. The third-order valence-corrected chi connectivity index (χ3v) is 4.46. The Morgan fingerprint density at radius 3 is 2.86 bits per heavy atom. The number of carbonyl (C=O) groups is 1. The summed E-state index contributed by atoms with van der Waals surface area (Å²) in [4.78, 5) is 14.4. The normalized spacial score (nSPS) is 20.4. The highest BCUT2D eigenvalue weighted by molar-refractivity contribution is 9.10. The summed E-state index contributed by atoms with van der Waals surface area (Å²) in [6, 6.07) is 8.06. The molecule has 2 rings (SSSR count). The highest BCUT2D eigenvalue weighted by atomic mass is 79.9. The molecule has 0 aromatic heterocycles. The van der Waals surface area contributed by atoms with E-state index in [1.54, 1.807) is 0 Å². The third-order valence-electron chi connectivity index (χ3n) is 3.77. The van der Waals surface area contributed by atoms with Gasteiger partial charge in [-0.1, -0.05) is 18.6 Å². The van der Waals surface area contributed by atoms with Crippen LogP contribution in [0.5, 0.6) is 0 Å². The van der Waals surface area contributed by atoms with Gasteiger partial charge in [0.25, 0.3) is 0 Å². The zero-order valence-corrected chi connectivity index (χ0v) is 14.6. The van der Waals surface area contributed by atoms with Gasteiger partial charge in [-0.15, -0.1) is 12.4 Å². The van der Waals surface area contributed by atoms with E-state index in [1.807, 2.05) is 31.2 Å². The molecular formula is C15H23BrClN3O. The van der Waals surface area contributed by atoms with Crippen molar-refractivity contribution < 1.29 is 4.79 Å². The Bertz CT molecular complexity index is 470. The zero-order valence-electron chi connectivity index (χ0n) is 12.2. The summed E-state index contributed by atoms with van der Waals surface area (Å²) in [7, 11) is 0. The number of amides is 1. The van der Waals surface area contributed by atoms with Crippen molar-refractivity contribution in [1.82, 2.24) is 4.90 Å². The van der Waals surface area contributed by atoms with E-state index in [-0.39, 0.29) is 24.4 Å². The molecule has 1 fully saturated rings. The molecule has 1 aromatic carbocycles. The van der Waals surface area contributed by atoms with Gasteiger partial charge in [-0.25, -0.2) is 0 Å². The van der Waals surface area contributed by atoms with E-state index in [4.69, 9.17) is 5.73 Å². The van der Waals surface area contributed by atoms with Gasteiger partial charge in [0, 0.05) is 16.6 Å². The number of para-hydroxylation sites is 1. The molecule has 0 radical (unpaired) electrons. The molecule has 0 aliphatic carbocycles. The molecule has 0 bridgehead atoms. The van der Waals surface area contributed by atoms with Crippen LogP contribution in [0.15, 0.2) is 28.7 Å². The summed E-state index contributed by atoms with van der Waals surface area (Å²) < 4.78 is 0.899. The number of piperidine rings is 1. The third kappa shape index (κ3) is 5.25. The second-order valence-corrected chi connectivity index (χ2v) is 6.28. The predicted molar refractivity (Wildman–Crippen MR) is 92.9 cm³/mol. The summed E-state index contributed by atoms with van der Waals surface area (Å²) in [5.74, 6) is 0.0180. The lowest BCUT2D eigenvalue weighted by Crippen LogP contribution is -2.51. The SMILES string of the molecule is CC(N)C1CCCCN1CC(=O)Nc1ccccc1Br.Cl. The van der Waals surface area contributed by atoms with Crippen molar-refractivity contribution in [3.05, 3.63) is 28.7 Å². The summed E-state index contributed by atoms with van der Waals surface area (Å²) >= 11 is 3.44. The fourth-order valence-electron chi connectivity index (χ4n) is 2.75. The monoisotopic (exact) mass is 375 g/mol. The Morgan fingerprint density at radius 2 is 2.19 bits per heavy atom. The number of hydrogen-bond donors (Lipinski definition) is 2. The van der Waals surface area contributed by atoms with E-state index in [0.29, 0.717) is 12.6 Å². The van der Waals surface area contributed by atoms with Gasteiger partial charge in [-0.3, -0.25) is 9.69 Å². The number of carbonyl (C=O) groups excluding carboxylic acids is 1. The van der Waals surface area contributed by atoms with Crippen LogP contribution in [0.4, 0.5) is 5.69 Å². The number of nitrogens with one attached hydrogen (secondary N) is 1. The number of anilines is 1. The zero-order chi connectivity index (χ0) is 14.5. The number of nitrogens with two attached hydrogens (primary N) is 1. The van der Waals surface area contributed by atoms with E-state index in [9.17, 15) is 4.79 Å². The minimum absolute atomic E-state index is 0. The Hall–Kier alpha value is -0.620. The van der Waals surface area contributed by atoms with Crippen LogP contribution >= 0.6 is 28.3 Å². The molecule has 1 aliphatic rings. The minimum Gasteiger partial charge on any atom is -0.327 e. The van der Waals surface area contributed by atoms with Crippen molar-refractivity contribution in [2.45, 2.75) is 38.3 Å². The minimum atomic E-state index is 0. The average molecular weight is 377 g/mol. The lowest BCUT2D eigenvalue weighted by molar-refractivity contribution is -0.118. The maximum Gasteiger partial charge on any atom is 0.238 e. The van der Waals surface area contributed by atoms with E-state index >= 15 is 0 Å². The maximum atomic E-state index is 12.2. The summed E-state index contributed by atoms with van der Waals surface area (Å²) in [5, 5.41) is 2.95. The van der Waals surface area contributed by atoms with Crippen LogP contribution in [0.1, 0.15) is 26.2 Å². The molecule has 1 heterocycles. The number of halogens is 2. The van der Waals surface area contributed by atoms with Gasteiger partial charge < -0.3 is 11.1 Å². The number of hydrogen-bond acceptors (Lipinski definition) is 3. The Morgan fingerprint density at radius 1 is 1.48 bits per heavy atom. The van der Waals surface area contributed by atoms with Gasteiger partial charge in [0.1, 0.15) is 0 Å². The quantitative estimate of drug-likeness (QED) is 0.849. The van der Waals surface area contributed by atoms with Crippen molar-refractivity contribution in [3.63, 3.8) is 0 Å². The van der Waals surface area contributed by atoms with E-state index < -0.39 is 0 Å². The van der Waals surface area contributed by atoms with Crippen LogP contribution in [-0.4, -0.2) is 36.0 Å². The van der Waals surface area contributed by atoms with Crippen molar-refractivity contribution in [2.24, 2.45) is 5.73 Å². The molecule has 1 aromatic rings. The Balaban J connectivity index is 0.00000220. The molecule has 0 saturated carbocycles. The number of rotatable bonds is 4. The van der Waals surface area contributed by atoms with Gasteiger partial charge in [-0.2, -0.15) is 0 Å². The molecule has 1 aliphatic heterocycles. The first-order valence-corrected chi connectivity index (χ1v) is 7.91. The lowest BCUT2D eigenvalue weighted by Gasteiger charge is -2.37. The molecule has 0 spiro atoms. The highest BCUT2D eigenvalue weighted by Gasteiger charge is 2.26. The molecule has 118 valence electrons. The van der Waals surface area contributed by atoms with Gasteiger partial charge in [0.2, 0.25) is 5.91 Å². The molecule has 3 N–H and O–H groups in total. The number of benzene rings is 1. The molecule has 2 atom stereocenters. The largest absolute Gasteiger partial charge is 0.327 e. The van der Waals surface area contributed by atoms with Crippen LogP contribution in [0.2, 0.25) is 0 Å². The molecule has 21 heavy (non-hydrogen) atoms. The first-order valence-electron chi connectivity index (χ1n) is 7.12. The van der Waals surface area contributed by atoms with Crippen LogP contribution in [0, 0.1) is 0 Å². The van der Waals surface area contributed by atoms with E-state index in [1.165, 1.54) is 6.42 Å². The summed E-state index contributed by atoms with van der Waals surface area (Å²) in [6.45, 7) is 3.39. The van der Waals surface area contributed by atoms with Crippen LogP contribution in [0.3, 0.4) is 0 Å². The molecule has 2 unspecified atom stereocenters. The first-order chi connectivity index (χ1) is 9.58. The molecular weight excluding hydrogens is 354 g/mol. The summed E-state index contributed by atoms with van der Waals surface area (Å²) in [5.41, 5.74) is 6.84. The second kappa shape index (κ2) is 8.73. The van der Waals surface area contributed by atoms with Gasteiger partial charge in [-0.05, 0) is 54.4 Å². The van der Waals surface area contributed by atoms with Crippen molar-refractivity contribution in [2.75, 3.05) is 18.4 Å². The van der Waals surface area contributed by atoms with Crippen molar-refractivity contribution in [1.29, 1.82) is 0 Å². The maximum absolute atomic E-state index is 12.2. The van der Waals surface area contributed by atoms with Crippen LogP contribution in [0.25, 0.3) is 0 Å². The average Bonchev–Trinajstić information content (AvgIpc) is 2.41. The smallest absolute Gasteiger partial charge is 0.238 e. The fourth-order valence-corrected chi connectivity index (χ4v) is 3.13. The van der Waals surface area contributed by atoms with Crippen LogP contribution < -0.4 is 11.1 Å². The topological polar surface area (TPSA) is 58.4 Å². The van der Waals surface area contributed by atoms with E-state index in [0.717, 1.165) is 29.5 Å². The standard InChI is InChI=1S/C15H22BrN3O.ClH/c1-11(17)14-8-4-5-9-19(14)10-15(20)18-13-7-3-2-6-12(13)16;/h2-3,6-7,11,14H,4-5,8-10,17H2,1H3,(H,18,20);1H. The number of nitrogens with zero attached hydrogens (tertiary/aromatic N) is 1. The van der Waals surface area contributed by atoms with E-state index in [2.05, 4.69) is 26.1 Å². The van der Waals surface area contributed by atoms with Crippen LogP contribution in [-0.2, 0) is 4.79 Å². The Kier molecular flexibility index (Phi) is 7.66. The highest BCUT2D eigenvalue weighted by Crippen LogP contribution is 2.22. The van der Waals surface area contributed by atoms with Gasteiger partial charge in [0.15, 0.2) is 0 Å². The lowest BCUT2D eigenvalue weighted by atomic mass is 9.97. The molecule has 6 heteroatoms. The van der Waals surface area contributed by atoms with Gasteiger partial charge in [0.05, 0.1) is 12.2 Å². The fraction of sp³-hybridized carbons (Fsp3) is 0.533. The second-order valence-electron chi connectivity index (χ2n) is 5.42. The summed E-state index contributed by atoms with van der Waals surface area (Å²) in [6.07, 6.45) is 3.43. The van der Waals surface area contributed by atoms with Gasteiger partial charge >= 0.3 is 0 Å². The first kappa shape index (κ1) is 18.4. The molecule has 4 nitrogen and oxygen atoms in total.